The molecule has 1 amide bonds. The van der Waals surface area contributed by atoms with Crippen molar-refractivity contribution in [3.8, 4) is 11.1 Å². The largest absolute Gasteiger partial charge is 0.478 e. The Labute approximate surface area is 273 Å². The highest BCUT2D eigenvalue weighted by Crippen LogP contribution is 2.43. The quantitative estimate of drug-likeness (QED) is 0.108. The van der Waals surface area contributed by atoms with Gasteiger partial charge >= 0.3 is 12.1 Å². The van der Waals surface area contributed by atoms with Gasteiger partial charge in [-0.25, -0.2) is 9.59 Å². The average Bonchev–Trinajstić information content (AvgIpc) is 3.10. The summed E-state index contributed by atoms with van der Waals surface area (Å²) in [6, 6.07) is 30.7. The Morgan fingerprint density at radius 2 is 1.63 bits per heavy atom. The van der Waals surface area contributed by atoms with Crippen LogP contribution in [0.1, 0.15) is 51.9 Å². The Kier molecular flexibility index (Phi) is 11.3. The Balaban J connectivity index is 1.32. The van der Waals surface area contributed by atoms with Crippen LogP contribution in [0.2, 0.25) is 0 Å². The number of amides is 1. The predicted octanol–water partition coefficient (Wildman–Crippen LogP) is 7.54. The van der Waals surface area contributed by atoms with Gasteiger partial charge in [-0.05, 0) is 58.1 Å². The predicted molar refractivity (Wildman–Crippen MR) is 177 cm³/mol. The van der Waals surface area contributed by atoms with Crippen LogP contribution in [0.4, 0.5) is 4.79 Å². The van der Waals surface area contributed by atoms with Crippen molar-refractivity contribution in [1.29, 1.82) is 0 Å². The van der Waals surface area contributed by atoms with Gasteiger partial charge < -0.3 is 29.7 Å². The lowest BCUT2D eigenvalue weighted by Crippen LogP contribution is -2.38. The Hall–Kier alpha value is -4.41. The van der Waals surface area contributed by atoms with E-state index in [4.69, 9.17) is 14.2 Å². The number of rotatable bonds is 12. The topological polar surface area (TPSA) is 114 Å². The van der Waals surface area contributed by atoms with Crippen LogP contribution in [-0.2, 0) is 27.4 Å². The van der Waals surface area contributed by atoms with Crippen LogP contribution in [0.25, 0.3) is 11.1 Å². The average molecular weight is 640 g/mol. The van der Waals surface area contributed by atoms with Crippen molar-refractivity contribution in [2.45, 2.75) is 43.5 Å². The highest BCUT2D eigenvalue weighted by atomic mass is 32.2. The Morgan fingerprint density at radius 3 is 2.30 bits per heavy atom. The maximum absolute atomic E-state index is 11.8. The van der Waals surface area contributed by atoms with E-state index < -0.39 is 18.4 Å². The minimum atomic E-state index is -0.951. The molecule has 1 aliphatic rings. The van der Waals surface area contributed by atoms with E-state index in [1.807, 2.05) is 84.9 Å². The highest BCUT2D eigenvalue weighted by Gasteiger charge is 2.38. The van der Waals surface area contributed by atoms with Crippen molar-refractivity contribution in [1.82, 2.24) is 5.32 Å². The van der Waals surface area contributed by atoms with E-state index in [-0.39, 0.29) is 36.9 Å². The number of benzene rings is 4. The monoisotopic (exact) mass is 639 g/mol. The number of hydrogen-bond acceptors (Lipinski definition) is 7. The Bertz CT molecular complexity index is 1620. The van der Waals surface area contributed by atoms with Crippen LogP contribution < -0.4 is 5.32 Å². The summed E-state index contributed by atoms with van der Waals surface area (Å²) in [4.78, 5) is 24.0. The third-order valence-electron chi connectivity index (χ3n) is 7.85. The molecule has 238 valence electrons. The number of alkyl carbamates (subject to hydrolysis) is 1. The molecular formula is C37H37NO7S. The fourth-order valence-electron chi connectivity index (χ4n) is 5.24. The fourth-order valence-corrected chi connectivity index (χ4v) is 6.30. The van der Waals surface area contributed by atoms with E-state index in [0.29, 0.717) is 12.3 Å². The minimum Gasteiger partial charge on any atom is -0.478 e. The molecule has 1 heterocycles. The molecule has 8 nitrogen and oxygen atoms in total. The van der Waals surface area contributed by atoms with Gasteiger partial charge in [0.1, 0.15) is 6.61 Å². The normalized spacial score (nSPS) is 19.3. The number of aliphatic hydroxyl groups is 1. The lowest BCUT2D eigenvalue weighted by Gasteiger charge is -2.41. The summed E-state index contributed by atoms with van der Waals surface area (Å²) in [6.45, 7) is 6.13. The third kappa shape index (κ3) is 8.44. The van der Waals surface area contributed by atoms with Crippen LogP contribution in [0, 0.1) is 5.92 Å². The third-order valence-corrected chi connectivity index (χ3v) is 8.95. The summed E-state index contributed by atoms with van der Waals surface area (Å²) >= 11 is 1.62. The van der Waals surface area contributed by atoms with Gasteiger partial charge in [0.15, 0.2) is 6.29 Å². The lowest BCUT2D eigenvalue weighted by molar-refractivity contribution is -0.268. The smallest absolute Gasteiger partial charge is 0.407 e. The molecule has 0 radical (unpaired) electrons. The first kappa shape index (κ1) is 33.0. The zero-order valence-corrected chi connectivity index (χ0v) is 26.3. The minimum absolute atomic E-state index is 0.0201. The van der Waals surface area contributed by atoms with Crippen molar-refractivity contribution in [3.63, 3.8) is 0 Å². The summed E-state index contributed by atoms with van der Waals surface area (Å²) < 4.78 is 18.2. The number of nitrogens with one attached hydrogen (secondary N) is 1. The Morgan fingerprint density at radius 1 is 0.913 bits per heavy atom. The molecule has 4 atom stereocenters. The second-order valence-corrected chi connectivity index (χ2v) is 12.1. The number of thioether (sulfide) groups is 1. The number of ether oxygens (including phenoxy) is 3. The first-order valence-corrected chi connectivity index (χ1v) is 16.0. The van der Waals surface area contributed by atoms with Crippen molar-refractivity contribution < 1.29 is 34.0 Å². The molecule has 0 unspecified atom stereocenters. The number of carbonyl (C=O) groups is 2. The zero-order chi connectivity index (χ0) is 32.5. The van der Waals surface area contributed by atoms with Gasteiger partial charge in [-0.3, -0.25) is 0 Å². The summed E-state index contributed by atoms with van der Waals surface area (Å²) in [6.07, 6.45) is 0.0185. The molecule has 0 saturated carbocycles. The maximum atomic E-state index is 11.8. The molecule has 0 aromatic heterocycles. The first-order chi connectivity index (χ1) is 22.3. The number of carbonyl (C=O) groups excluding carboxylic acids is 1. The SMILES string of the molecule is C=CCOC(=O)NCc1cccc(-c2ccc([C@@H]3O[C@H](CSc4ccc(C(=O)O)cc4)[C@H](C)[C@H](c4ccc(CO)cc4)O3)cc2)c1. The van der Waals surface area contributed by atoms with Crippen LogP contribution in [0.3, 0.4) is 0 Å². The van der Waals surface area contributed by atoms with E-state index in [0.717, 1.165) is 38.3 Å². The molecule has 4 aromatic carbocycles. The van der Waals surface area contributed by atoms with Crippen LogP contribution >= 0.6 is 11.8 Å². The van der Waals surface area contributed by atoms with Crippen molar-refractivity contribution in [2.24, 2.45) is 5.92 Å². The molecule has 0 bridgehead atoms. The molecule has 3 N–H and O–H groups in total. The number of aliphatic hydroxyl groups excluding tert-OH is 1. The van der Waals surface area contributed by atoms with Gasteiger partial charge in [0, 0.05) is 28.7 Å². The molecule has 46 heavy (non-hydrogen) atoms. The molecule has 4 aromatic rings. The van der Waals surface area contributed by atoms with Gasteiger partial charge in [-0.15, -0.1) is 11.8 Å². The number of aromatic carboxylic acids is 1. The highest BCUT2D eigenvalue weighted by molar-refractivity contribution is 7.99. The van der Waals surface area contributed by atoms with E-state index >= 15 is 0 Å². The molecule has 9 heteroatoms. The van der Waals surface area contributed by atoms with E-state index in [9.17, 15) is 19.8 Å². The maximum Gasteiger partial charge on any atom is 0.407 e. The summed E-state index contributed by atoms with van der Waals surface area (Å²) in [7, 11) is 0. The van der Waals surface area contributed by atoms with Crippen molar-refractivity contribution in [2.75, 3.05) is 12.4 Å². The molecular weight excluding hydrogens is 602 g/mol. The molecule has 0 spiro atoms. The van der Waals surface area contributed by atoms with Gasteiger partial charge in [-0.1, -0.05) is 86.3 Å². The summed E-state index contributed by atoms with van der Waals surface area (Å²) in [5.74, 6) is -0.279. The number of carboxylic acid groups (broad SMARTS) is 1. The molecule has 1 saturated heterocycles. The van der Waals surface area contributed by atoms with E-state index in [1.165, 1.54) is 6.08 Å². The van der Waals surface area contributed by atoms with Gasteiger partial charge in [0.05, 0.1) is 24.4 Å². The fraction of sp³-hybridized carbons (Fsp3) is 0.243. The first-order valence-electron chi connectivity index (χ1n) is 15.0. The molecule has 0 aliphatic carbocycles. The van der Waals surface area contributed by atoms with Crippen molar-refractivity contribution in [3.05, 3.63) is 138 Å². The van der Waals surface area contributed by atoms with Crippen LogP contribution in [-0.4, -0.2) is 40.7 Å². The molecule has 1 fully saturated rings. The number of carboxylic acids is 1. The van der Waals surface area contributed by atoms with Crippen LogP contribution in [0.15, 0.2) is 115 Å². The van der Waals surface area contributed by atoms with E-state index in [2.05, 4.69) is 18.8 Å². The second-order valence-electron chi connectivity index (χ2n) is 11.0. The summed E-state index contributed by atoms with van der Waals surface area (Å²) in [5, 5.41) is 21.5. The molecule has 1 aliphatic heterocycles. The summed E-state index contributed by atoms with van der Waals surface area (Å²) in [5.41, 5.74) is 5.94. The number of hydrogen-bond donors (Lipinski definition) is 3. The zero-order valence-electron chi connectivity index (χ0n) is 25.5. The van der Waals surface area contributed by atoms with Gasteiger partial charge in [-0.2, -0.15) is 0 Å². The van der Waals surface area contributed by atoms with Crippen molar-refractivity contribution >= 4 is 23.8 Å². The van der Waals surface area contributed by atoms with E-state index in [1.54, 1.807) is 23.9 Å². The lowest BCUT2D eigenvalue weighted by atomic mass is 9.91. The molecule has 5 rings (SSSR count). The standard InChI is InChI=1S/C37H37NO7S/c1-3-19-43-37(42)38-21-26-5-4-6-31(20-26)27-11-13-30(14-12-27)36-44-33(23-46-32-17-15-29(16-18-32)35(40)41)24(2)34(45-36)28-9-7-25(22-39)8-10-28/h3-18,20,24,33-34,36,39H,1,19,21-23H2,2H3,(H,38,42)(H,40,41)/t24-,33+,34+,36+/m0/s1. The second kappa shape index (κ2) is 15.7. The van der Waals surface area contributed by atoms with Crippen LogP contribution in [0.5, 0.6) is 0 Å². The van der Waals surface area contributed by atoms with Gasteiger partial charge in [0.25, 0.3) is 0 Å². The van der Waals surface area contributed by atoms with Gasteiger partial charge in [0.2, 0.25) is 0 Å².